The summed E-state index contributed by atoms with van der Waals surface area (Å²) >= 11 is 0. The standard InChI is InChI=1S/C52H72N6O12.C6H12N2.C2H2O4.C2H4O2.2CH3.Gd.Pt/c1-7-37-38(8-2)42-30-44-40(12-10-16-59)36(4)48(58-44)34-55-46-32-50(70-28-26-68-24-22-66-20-18-64-6)49(69-27-25-67-23-21-65-19-17-63-5)31-45(46)54-33-47-35(3)39(43(57-47)29-41(37)56-42)11-9-15-53-51(60)13-14-52(61)62;7-5-3-1-2-4-6(5)8;3-1(4)2(5)6;1-2(3)4;;;;/h29-34,59H,7-28H2,1-6H3,(H3,53,54,55,56,57,58,60,61,62);5-8H,1-4H2;(H,3,4)(H,5,6);1H3,(H,3,4);2*1H3;;/q;-2;;;2*-1;+2;/p-1. The Kier molecular flexibility index (Phi) is 49.4. The number of rotatable bonds is 32. The second-order valence-electron chi connectivity index (χ2n) is 20.0. The normalized spacial score (nSPS) is 13.7. The molecule has 0 saturated heterocycles. The number of fused-ring (bicyclic) bond motifs is 7. The number of carboxylic acid groups (broad SMARTS) is 4. The first-order chi connectivity index (χ1) is 42.3. The number of ether oxygens (including phenoxy) is 8. The quantitative estimate of drug-likeness (QED) is 0.0193. The average Bonchev–Trinajstić information content (AvgIpc) is 1.62. The number of carbonyl (C=O) groups is 5. The van der Waals surface area contributed by atoms with Crippen molar-refractivity contribution in [1.29, 1.82) is 0 Å². The summed E-state index contributed by atoms with van der Waals surface area (Å²) in [4.78, 5) is 76.2. The number of amides is 1. The van der Waals surface area contributed by atoms with Crippen LogP contribution in [0.3, 0.4) is 0 Å². The van der Waals surface area contributed by atoms with Gasteiger partial charge in [-0.2, -0.15) is 12.1 Å². The zero-order valence-corrected chi connectivity index (χ0v) is 59.0. The van der Waals surface area contributed by atoms with E-state index >= 15 is 0 Å². The second-order valence-corrected chi connectivity index (χ2v) is 20.0. The smallest absolute Gasteiger partial charge is 0.676 e. The van der Waals surface area contributed by atoms with Gasteiger partial charge in [0.2, 0.25) is 5.91 Å². The summed E-state index contributed by atoms with van der Waals surface area (Å²) < 4.78 is 45.3. The van der Waals surface area contributed by atoms with E-state index in [1.807, 2.05) is 26.0 Å². The van der Waals surface area contributed by atoms with Crippen molar-refractivity contribution in [2.75, 3.05) is 107 Å². The maximum atomic E-state index is 12.4. The number of aliphatic hydroxyl groups is 1. The fraction of sp³-hybridized carbons (Fsp3) is 0.547. The molecule has 3 aromatic rings. The van der Waals surface area contributed by atoms with E-state index < -0.39 is 23.9 Å². The van der Waals surface area contributed by atoms with Gasteiger partial charge in [0.1, 0.15) is 13.2 Å². The van der Waals surface area contributed by atoms with Crippen molar-refractivity contribution in [2.24, 2.45) is 0 Å². The van der Waals surface area contributed by atoms with E-state index in [0.717, 1.165) is 88.4 Å². The van der Waals surface area contributed by atoms with Crippen molar-refractivity contribution in [2.45, 2.75) is 124 Å². The van der Waals surface area contributed by atoms with Crippen LogP contribution >= 0.6 is 0 Å². The summed E-state index contributed by atoms with van der Waals surface area (Å²) in [6.45, 7) is 14.4. The van der Waals surface area contributed by atoms with Gasteiger partial charge in [0.05, 0.1) is 119 Å². The summed E-state index contributed by atoms with van der Waals surface area (Å²) in [6, 6.07) is 7.51. The van der Waals surface area contributed by atoms with Crippen LogP contribution in [-0.4, -0.2) is 194 Å². The molecular formula is C64H95GdN8O18Pt-3. The molecule has 1 amide bonds. The number of hydrogen-bond acceptors (Lipinski definition) is 18. The molecule has 8 N–H and O–H groups in total. The van der Waals surface area contributed by atoms with Crippen LogP contribution in [0.4, 0.5) is 0 Å². The molecule has 28 heteroatoms. The van der Waals surface area contributed by atoms with Gasteiger partial charge in [-0.25, -0.2) is 19.6 Å². The van der Waals surface area contributed by atoms with E-state index in [1.54, 1.807) is 38.7 Å². The molecule has 6 rings (SSSR count). The maximum Gasteiger partial charge on any atom is 2.00 e. The third kappa shape index (κ3) is 33.2. The number of allylic oxidation sites excluding steroid dienone is 4. The molecule has 6 bridgehead atoms. The summed E-state index contributed by atoms with van der Waals surface area (Å²) in [5.41, 5.74) is 26.2. The van der Waals surface area contributed by atoms with Crippen LogP contribution < -0.4 is 19.8 Å². The van der Waals surface area contributed by atoms with Crippen LogP contribution in [0.15, 0.2) is 36.7 Å². The molecule has 0 radical (unpaired) electrons. The third-order valence-corrected chi connectivity index (χ3v) is 13.5. The van der Waals surface area contributed by atoms with Crippen LogP contribution in [0.5, 0.6) is 11.5 Å². The molecule has 2 aromatic heterocycles. The first-order valence-electron chi connectivity index (χ1n) is 29.5. The molecule has 2 aliphatic heterocycles. The predicted molar refractivity (Wildman–Crippen MR) is 343 cm³/mol. The van der Waals surface area contributed by atoms with Gasteiger partial charge in [-0.15, -0.1) is 11.0 Å². The van der Waals surface area contributed by atoms with Crippen molar-refractivity contribution < 1.29 is 148 Å². The molecule has 26 nitrogen and oxygen atoms in total. The van der Waals surface area contributed by atoms with E-state index in [1.165, 1.54) is 12.8 Å². The van der Waals surface area contributed by atoms with Crippen molar-refractivity contribution in [3.05, 3.63) is 96.9 Å². The Hall–Kier alpha value is -5.26. The Morgan fingerprint density at radius 2 is 0.978 bits per heavy atom. The average molecular weight is 1620 g/mol. The molecule has 92 heavy (non-hydrogen) atoms. The molecule has 1 fully saturated rings. The van der Waals surface area contributed by atoms with Crippen LogP contribution in [0.25, 0.3) is 55.8 Å². The van der Waals surface area contributed by atoms with Crippen LogP contribution in [0.1, 0.15) is 133 Å². The van der Waals surface area contributed by atoms with Crippen molar-refractivity contribution >= 4 is 74.1 Å². The number of aromatic nitrogens is 5. The number of benzene rings is 1. The number of aryl methyl sites for hydroxylation is 2. The summed E-state index contributed by atoms with van der Waals surface area (Å²) in [6.07, 6.45) is 11.3. The van der Waals surface area contributed by atoms with Gasteiger partial charge in [-0.3, -0.25) is 24.4 Å². The SMILES string of the molecule is CC(=O)O.CCc1c(CC)c2cc3nc(cnc4cc(OCCOCCOCCOC)c(OCCOCCOCCOC)cc4ncc4nc(cc1[n-]2)C(CCCO)=C4C)C(C)=C3CCCNC(=O)CCC(=O)O.O=C(O)C(=O)O.[CH3-].[CH3-].[Gd+2].[NH-]C1CCCCC1[NH-].[Pt]. The van der Waals surface area contributed by atoms with Gasteiger partial charge in [-0.1, -0.05) is 62.8 Å². The largest absolute Gasteiger partial charge is 2.00 e. The molecule has 1 aliphatic carbocycles. The molecule has 1 aromatic carbocycles. The monoisotopic (exact) mass is 1620 g/mol. The summed E-state index contributed by atoms with van der Waals surface area (Å²) in [5, 5.41) is 44.0. The number of carbonyl (C=O) groups excluding carboxylic acids is 1. The van der Waals surface area contributed by atoms with E-state index in [0.29, 0.717) is 132 Å². The zero-order chi connectivity index (χ0) is 64.8. The minimum absolute atomic E-state index is 0. The Morgan fingerprint density at radius 3 is 1.33 bits per heavy atom. The second kappa shape index (κ2) is 51.1. The number of nitrogens with one attached hydrogen (secondary N) is 3. The number of nitrogens with zero attached hydrogens (tertiary/aromatic N) is 5. The number of hydrogen-bond donors (Lipinski definition) is 6. The maximum absolute atomic E-state index is 12.4. The fourth-order valence-corrected chi connectivity index (χ4v) is 9.01. The van der Waals surface area contributed by atoms with Crippen LogP contribution in [-0.2, 0) is 86.3 Å². The first-order valence-corrected chi connectivity index (χ1v) is 29.5. The molecule has 1 saturated carbocycles. The van der Waals surface area contributed by atoms with E-state index in [4.69, 9.17) is 109 Å². The van der Waals surface area contributed by atoms with Gasteiger partial charge >= 0.3 is 57.8 Å². The predicted octanol–water partition coefficient (Wildman–Crippen LogP) is 9.15. The minimum Gasteiger partial charge on any atom is -0.676 e. The van der Waals surface area contributed by atoms with E-state index in [-0.39, 0.29) is 127 Å². The number of carboxylic acids is 4. The van der Waals surface area contributed by atoms with Gasteiger partial charge in [0, 0.05) is 73.9 Å². The number of aliphatic carboxylic acids is 4. The van der Waals surface area contributed by atoms with Crippen molar-refractivity contribution in [3.8, 4) is 11.5 Å². The van der Waals surface area contributed by atoms with Gasteiger partial charge in [-0.05, 0) is 74.7 Å². The van der Waals surface area contributed by atoms with Gasteiger partial charge < -0.3 is 100 Å². The molecule has 2 atom stereocenters. The van der Waals surface area contributed by atoms with E-state index in [2.05, 4.69) is 19.2 Å². The van der Waals surface area contributed by atoms with Crippen molar-refractivity contribution in [3.63, 3.8) is 0 Å². The molecule has 2 unspecified atom stereocenters. The molecule has 520 valence electrons. The Bertz CT molecular complexity index is 2960. The fourth-order valence-electron chi connectivity index (χ4n) is 9.01. The first kappa shape index (κ1) is 88.8. The number of aliphatic hydroxyl groups excluding tert-OH is 1. The molecular weight excluding hydrogens is 1520 g/mol. The van der Waals surface area contributed by atoms with Gasteiger partial charge in [0.25, 0.3) is 5.97 Å². The van der Waals surface area contributed by atoms with E-state index in [9.17, 15) is 14.7 Å². The molecule has 4 heterocycles. The minimum atomic E-state index is -1.82. The Balaban J connectivity index is 0. The summed E-state index contributed by atoms with van der Waals surface area (Å²) in [5.74, 6) is -4.95. The number of methoxy groups -OCH3 is 2. The summed E-state index contributed by atoms with van der Waals surface area (Å²) in [7, 11) is 3.25. The van der Waals surface area contributed by atoms with Crippen LogP contribution in [0.2, 0.25) is 0 Å². The third-order valence-electron chi connectivity index (χ3n) is 13.5. The van der Waals surface area contributed by atoms with Crippen molar-refractivity contribution in [1.82, 2.24) is 30.2 Å². The molecule has 3 aliphatic rings. The van der Waals surface area contributed by atoms with Gasteiger partial charge in [0.15, 0.2) is 11.5 Å². The zero-order valence-electron chi connectivity index (χ0n) is 54.5. The topological polar surface area (TPSA) is 386 Å². The Morgan fingerprint density at radius 1 is 0.598 bits per heavy atom. The Labute approximate surface area is 587 Å². The van der Waals surface area contributed by atoms with Crippen LogP contribution in [0, 0.1) is 54.8 Å². The molecule has 0 spiro atoms.